The van der Waals surface area contributed by atoms with Crippen LogP contribution in [-0.2, 0) is 10.3 Å². The van der Waals surface area contributed by atoms with Crippen LogP contribution in [0.5, 0.6) is 0 Å². The van der Waals surface area contributed by atoms with E-state index < -0.39 is 17.2 Å². The van der Waals surface area contributed by atoms with Crippen molar-refractivity contribution in [3.8, 4) is 0 Å². The number of hydrogen-bond donors (Lipinski definition) is 2. The quantitative estimate of drug-likeness (QED) is 0.820. The van der Waals surface area contributed by atoms with Gasteiger partial charge < -0.3 is 15.2 Å². The molecule has 6 heteroatoms. The summed E-state index contributed by atoms with van der Waals surface area (Å²) in [5.74, 6) is -1.78. The van der Waals surface area contributed by atoms with Crippen LogP contribution in [0.25, 0.3) is 0 Å². The molecule has 1 aromatic carbocycles. The minimum atomic E-state index is -1.05. The molecule has 1 heterocycles. The molecule has 1 aromatic heterocycles. The molecular weight excluding hydrogens is 308 g/mol. The Balaban J connectivity index is 2.10. The van der Waals surface area contributed by atoms with Gasteiger partial charge in [-0.2, -0.15) is 11.3 Å². The van der Waals surface area contributed by atoms with Gasteiger partial charge in [0.05, 0.1) is 12.6 Å². The Morgan fingerprint density at radius 2 is 2.09 bits per heavy atom. The number of nitrogens with one attached hydrogen (secondary N) is 1. The predicted molar refractivity (Wildman–Crippen MR) is 82.9 cm³/mol. The van der Waals surface area contributed by atoms with Crippen LogP contribution >= 0.6 is 11.3 Å². The first-order valence-corrected chi connectivity index (χ1v) is 7.80. The Hall–Kier alpha value is -1.34. The lowest BCUT2D eigenvalue weighted by molar-refractivity contribution is 0.0491. The number of rotatable bonds is 7. The topological polar surface area (TPSA) is 41.5 Å². The van der Waals surface area contributed by atoms with Gasteiger partial charge in [-0.15, -0.1) is 0 Å². The molecule has 0 saturated carbocycles. The van der Waals surface area contributed by atoms with Gasteiger partial charge >= 0.3 is 0 Å². The molecule has 0 fully saturated rings. The standard InChI is InChI=1S/C16H19F2NO2S/c1-16(20,12-5-6-22-9-12)10-19-15(8-21-2)11-3-4-13(17)14(18)7-11/h3-7,9,15,19-20H,8,10H2,1-2H3. The maximum Gasteiger partial charge on any atom is 0.159 e. The molecular formula is C16H19F2NO2S. The highest BCUT2D eigenvalue weighted by Gasteiger charge is 2.25. The van der Waals surface area contributed by atoms with Crippen LogP contribution in [-0.4, -0.2) is 25.4 Å². The lowest BCUT2D eigenvalue weighted by Crippen LogP contribution is -2.38. The fraction of sp³-hybridized carbons (Fsp3) is 0.375. The third kappa shape index (κ3) is 4.10. The van der Waals surface area contributed by atoms with E-state index in [9.17, 15) is 13.9 Å². The lowest BCUT2D eigenvalue weighted by atomic mass is 9.98. The van der Waals surface area contributed by atoms with Crippen LogP contribution in [0, 0.1) is 11.6 Å². The van der Waals surface area contributed by atoms with E-state index in [0.717, 1.165) is 17.7 Å². The van der Waals surface area contributed by atoms with Crippen LogP contribution in [0.2, 0.25) is 0 Å². The van der Waals surface area contributed by atoms with E-state index in [1.807, 2.05) is 16.8 Å². The molecule has 0 bridgehead atoms. The molecule has 2 aromatic rings. The fourth-order valence-electron chi connectivity index (χ4n) is 2.16. The average Bonchev–Trinajstić information content (AvgIpc) is 3.01. The minimum absolute atomic E-state index is 0.261. The number of methoxy groups -OCH3 is 1. The highest BCUT2D eigenvalue weighted by Crippen LogP contribution is 2.24. The van der Waals surface area contributed by atoms with Crippen molar-refractivity contribution < 1.29 is 18.6 Å². The number of benzene rings is 1. The maximum absolute atomic E-state index is 13.4. The van der Waals surface area contributed by atoms with Gasteiger partial charge in [-0.25, -0.2) is 8.78 Å². The molecule has 2 unspecified atom stereocenters. The van der Waals surface area contributed by atoms with Gasteiger partial charge in [0.25, 0.3) is 0 Å². The molecule has 0 aliphatic carbocycles. The fourth-order valence-corrected chi connectivity index (χ4v) is 2.95. The van der Waals surface area contributed by atoms with Crippen molar-refractivity contribution in [2.24, 2.45) is 0 Å². The van der Waals surface area contributed by atoms with Crippen molar-refractivity contribution in [2.45, 2.75) is 18.6 Å². The first kappa shape index (κ1) is 17.0. The lowest BCUT2D eigenvalue weighted by Gasteiger charge is -2.27. The molecule has 120 valence electrons. The summed E-state index contributed by atoms with van der Waals surface area (Å²) in [6.45, 7) is 2.25. The molecule has 0 aliphatic heterocycles. The van der Waals surface area contributed by atoms with Gasteiger partial charge in [0.15, 0.2) is 11.6 Å². The molecule has 3 nitrogen and oxygen atoms in total. The van der Waals surface area contributed by atoms with E-state index in [4.69, 9.17) is 4.74 Å². The highest BCUT2D eigenvalue weighted by molar-refractivity contribution is 7.08. The van der Waals surface area contributed by atoms with Gasteiger partial charge in [0.2, 0.25) is 0 Å². The largest absolute Gasteiger partial charge is 0.384 e. The normalized spacial score (nSPS) is 15.5. The van der Waals surface area contributed by atoms with E-state index in [1.54, 1.807) is 6.92 Å². The van der Waals surface area contributed by atoms with E-state index in [0.29, 0.717) is 5.56 Å². The molecule has 22 heavy (non-hydrogen) atoms. The van der Waals surface area contributed by atoms with Crippen LogP contribution in [0.3, 0.4) is 0 Å². The zero-order chi connectivity index (χ0) is 16.2. The van der Waals surface area contributed by atoms with Crippen molar-refractivity contribution in [1.82, 2.24) is 5.32 Å². The van der Waals surface area contributed by atoms with Crippen LogP contribution in [0.1, 0.15) is 24.1 Å². The Morgan fingerprint density at radius 1 is 1.32 bits per heavy atom. The second-order valence-corrected chi connectivity index (χ2v) is 6.13. The third-order valence-electron chi connectivity index (χ3n) is 3.52. The molecule has 2 rings (SSSR count). The summed E-state index contributed by atoms with van der Waals surface area (Å²) in [6, 6.07) is 5.26. The molecule has 0 radical (unpaired) electrons. The number of halogens is 2. The third-order valence-corrected chi connectivity index (χ3v) is 4.20. The Kier molecular flexibility index (Phi) is 5.63. The molecule has 0 amide bonds. The van der Waals surface area contributed by atoms with Crippen molar-refractivity contribution in [2.75, 3.05) is 20.3 Å². The summed E-state index contributed by atoms with van der Waals surface area (Å²) in [5.41, 5.74) is 0.332. The van der Waals surface area contributed by atoms with Gasteiger partial charge in [-0.05, 0) is 47.0 Å². The summed E-state index contributed by atoms with van der Waals surface area (Å²) in [6.07, 6.45) is 0. The van der Waals surface area contributed by atoms with Gasteiger partial charge in [-0.3, -0.25) is 0 Å². The maximum atomic E-state index is 13.4. The summed E-state index contributed by atoms with van der Waals surface area (Å²) in [7, 11) is 1.53. The second-order valence-electron chi connectivity index (χ2n) is 5.35. The van der Waals surface area contributed by atoms with Crippen LogP contribution in [0.4, 0.5) is 8.78 Å². The second kappa shape index (κ2) is 7.28. The Labute approximate surface area is 132 Å². The average molecular weight is 327 g/mol. The predicted octanol–water partition coefficient (Wildman–Crippen LogP) is 3.21. The van der Waals surface area contributed by atoms with E-state index >= 15 is 0 Å². The number of aliphatic hydroxyl groups is 1. The SMILES string of the molecule is COCC(NCC(C)(O)c1ccsc1)c1ccc(F)c(F)c1. The molecule has 0 aliphatic rings. The summed E-state index contributed by atoms with van der Waals surface area (Å²) in [5, 5.41) is 17.4. The van der Waals surface area contributed by atoms with Gasteiger partial charge in [-0.1, -0.05) is 6.07 Å². The highest BCUT2D eigenvalue weighted by atomic mass is 32.1. The molecule has 2 N–H and O–H groups in total. The molecule has 0 spiro atoms. The first-order valence-electron chi connectivity index (χ1n) is 6.86. The number of hydrogen-bond acceptors (Lipinski definition) is 4. The Morgan fingerprint density at radius 3 is 2.68 bits per heavy atom. The van der Waals surface area contributed by atoms with E-state index in [1.165, 1.54) is 24.5 Å². The van der Waals surface area contributed by atoms with Crippen LogP contribution in [0.15, 0.2) is 35.0 Å². The van der Waals surface area contributed by atoms with Crippen molar-refractivity contribution in [3.05, 3.63) is 57.8 Å². The van der Waals surface area contributed by atoms with Crippen LogP contribution < -0.4 is 5.32 Å². The van der Waals surface area contributed by atoms with E-state index in [2.05, 4.69) is 5.32 Å². The number of ether oxygens (including phenoxy) is 1. The first-order chi connectivity index (χ1) is 10.4. The summed E-state index contributed by atoms with van der Waals surface area (Å²) >= 11 is 1.51. The summed E-state index contributed by atoms with van der Waals surface area (Å²) in [4.78, 5) is 0. The zero-order valence-corrected chi connectivity index (χ0v) is 13.3. The van der Waals surface area contributed by atoms with Crippen molar-refractivity contribution in [3.63, 3.8) is 0 Å². The summed E-state index contributed by atoms with van der Waals surface area (Å²) < 4.78 is 31.6. The smallest absolute Gasteiger partial charge is 0.159 e. The van der Waals surface area contributed by atoms with Crippen molar-refractivity contribution in [1.29, 1.82) is 0 Å². The van der Waals surface area contributed by atoms with E-state index in [-0.39, 0.29) is 19.2 Å². The van der Waals surface area contributed by atoms with Crippen molar-refractivity contribution >= 4 is 11.3 Å². The van der Waals surface area contributed by atoms with Gasteiger partial charge in [0, 0.05) is 13.7 Å². The molecule has 2 atom stereocenters. The number of thiophene rings is 1. The molecule has 0 saturated heterocycles. The van der Waals surface area contributed by atoms with Gasteiger partial charge in [0.1, 0.15) is 5.60 Å². The minimum Gasteiger partial charge on any atom is -0.384 e. The Bertz CT molecular complexity index is 602. The zero-order valence-electron chi connectivity index (χ0n) is 12.5. The monoisotopic (exact) mass is 327 g/mol.